The van der Waals surface area contributed by atoms with Crippen molar-refractivity contribution in [1.29, 1.82) is 0 Å². The smallest absolute Gasteiger partial charge is 0.335 e. The van der Waals surface area contributed by atoms with E-state index in [9.17, 15) is 27.5 Å². The van der Waals surface area contributed by atoms with Crippen molar-refractivity contribution >= 4 is 16.9 Å². The van der Waals surface area contributed by atoms with E-state index in [0.717, 1.165) is 27.6 Å². The fourth-order valence-corrected chi connectivity index (χ4v) is 4.73. The molecule has 6 nitrogen and oxygen atoms in total. The minimum absolute atomic E-state index is 0.0964. The average molecular weight is 494 g/mol. The third-order valence-electron chi connectivity index (χ3n) is 6.56. The molecule has 188 valence electrons. The first kappa shape index (κ1) is 25.0. The Kier molecular flexibility index (Phi) is 7.05. The second kappa shape index (κ2) is 9.87. The van der Waals surface area contributed by atoms with Crippen molar-refractivity contribution in [3.63, 3.8) is 0 Å². The molecule has 1 aromatic heterocycles. The van der Waals surface area contributed by atoms with Crippen LogP contribution in [0.2, 0.25) is 0 Å². The third-order valence-corrected chi connectivity index (χ3v) is 6.56. The number of nitrogens with zero attached hydrogens (tertiary/aromatic N) is 2. The first-order chi connectivity index (χ1) is 16.6. The van der Waals surface area contributed by atoms with Crippen LogP contribution in [0, 0.1) is 6.92 Å². The number of nitrogens with one attached hydrogen (secondary N) is 1. The lowest BCUT2D eigenvalue weighted by molar-refractivity contribution is -0.147. The zero-order valence-corrected chi connectivity index (χ0v) is 19.4. The van der Waals surface area contributed by atoms with Crippen molar-refractivity contribution in [2.45, 2.75) is 31.9 Å². The molecule has 0 saturated carbocycles. The highest BCUT2D eigenvalue weighted by atomic mass is 19.3. The fraction of sp³-hybridized carbons (Fsp3) is 0.400. The van der Waals surface area contributed by atoms with E-state index in [-0.39, 0.29) is 18.7 Å². The number of carboxylic acids is 1. The summed E-state index contributed by atoms with van der Waals surface area (Å²) < 4.78 is 59.0. The van der Waals surface area contributed by atoms with E-state index >= 15 is 0 Å². The number of aryl methyl sites for hydroxylation is 1. The van der Waals surface area contributed by atoms with Gasteiger partial charge in [-0.1, -0.05) is 12.1 Å². The number of aromatic carboxylic acids is 1. The normalized spacial score (nSPS) is 17.9. The van der Waals surface area contributed by atoms with E-state index in [2.05, 4.69) is 9.88 Å². The zero-order valence-electron chi connectivity index (χ0n) is 19.4. The summed E-state index contributed by atoms with van der Waals surface area (Å²) in [6, 6.07) is 9.68. The highest BCUT2D eigenvalue weighted by Gasteiger charge is 2.43. The van der Waals surface area contributed by atoms with Gasteiger partial charge in [0, 0.05) is 54.9 Å². The molecule has 0 spiro atoms. The van der Waals surface area contributed by atoms with Gasteiger partial charge in [-0.05, 0) is 42.3 Å². The van der Waals surface area contributed by atoms with Crippen molar-refractivity contribution in [3.05, 3.63) is 64.8 Å². The first-order valence-electron chi connectivity index (χ1n) is 11.2. The number of fused-ring (bicyclic) bond motifs is 1. The number of piperazine rings is 1. The monoisotopic (exact) mass is 493 g/mol. The Balaban J connectivity index is 1.68. The number of carboxylic acid groups (broad SMARTS) is 1. The van der Waals surface area contributed by atoms with E-state index < -0.39 is 30.9 Å². The summed E-state index contributed by atoms with van der Waals surface area (Å²) >= 11 is 0. The maximum Gasteiger partial charge on any atom is 0.335 e. The van der Waals surface area contributed by atoms with Crippen LogP contribution >= 0.6 is 0 Å². The van der Waals surface area contributed by atoms with Crippen LogP contribution in [0.3, 0.4) is 0 Å². The molecule has 1 aliphatic rings. The maximum atomic E-state index is 13.8. The zero-order chi connectivity index (χ0) is 25.3. The SMILES string of the molecule is COc1cc(C)c2[nH]ccc2c1CN1CCN(CC(F)(F)C(F)F)CC1c1ccc(C(=O)O)cc1. The minimum atomic E-state index is -4.11. The van der Waals surface area contributed by atoms with Crippen LogP contribution in [-0.2, 0) is 6.54 Å². The number of hydrogen-bond acceptors (Lipinski definition) is 4. The molecule has 0 bridgehead atoms. The number of methoxy groups -OCH3 is 1. The molecule has 0 aliphatic carbocycles. The van der Waals surface area contributed by atoms with E-state index in [1.165, 1.54) is 17.0 Å². The summed E-state index contributed by atoms with van der Waals surface area (Å²) in [6.45, 7) is 2.00. The average Bonchev–Trinajstić information content (AvgIpc) is 3.32. The van der Waals surface area contributed by atoms with Gasteiger partial charge in [-0.3, -0.25) is 9.80 Å². The van der Waals surface area contributed by atoms with Crippen LogP contribution < -0.4 is 4.74 Å². The van der Waals surface area contributed by atoms with Crippen molar-refractivity contribution in [2.75, 3.05) is 33.3 Å². The number of halogens is 4. The minimum Gasteiger partial charge on any atom is -0.496 e. The standard InChI is InChI=1S/C25H27F4N3O3/c1-15-11-21(35-2)19(18-7-8-30-22(15)18)12-32-10-9-31(14-25(28,29)24(26)27)13-20(32)16-3-5-17(6-4-16)23(33)34/h3-8,11,20,24,30H,9-10,12-14H2,1-2H3,(H,33,34). The highest BCUT2D eigenvalue weighted by molar-refractivity contribution is 5.88. The fourth-order valence-electron chi connectivity index (χ4n) is 4.73. The van der Waals surface area contributed by atoms with Gasteiger partial charge in [0.05, 0.1) is 19.2 Å². The van der Waals surface area contributed by atoms with Crippen molar-refractivity contribution in [3.8, 4) is 5.75 Å². The molecule has 1 aliphatic heterocycles. The molecule has 1 fully saturated rings. The Morgan fingerprint density at radius 3 is 2.57 bits per heavy atom. The number of alkyl halides is 4. The van der Waals surface area contributed by atoms with E-state index in [1.807, 2.05) is 25.3 Å². The number of rotatable bonds is 8. The first-order valence-corrected chi connectivity index (χ1v) is 11.2. The molecule has 10 heteroatoms. The number of hydrogen-bond donors (Lipinski definition) is 2. The predicted octanol–water partition coefficient (Wildman–Crippen LogP) is 4.94. The molecule has 0 radical (unpaired) electrons. The van der Waals surface area contributed by atoms with Gasteiger partial charge < -0.3 is 14.8 Å². The van der Waals surface area contributed by atoms with Crippen molar-refractivity contribution in [2.24, 2.45) is 0 Å². The predicted molar refractivity (Wildman–Crippen MR) is 124 cm³/mol. The Hall–Kier alpha value is -3.11. The van der Waals surface area contributed by atoms with Gasteiger partial charge in [-0.25, -0.2) is 13.6 Å². The summed E-state index contributed by atoms with van der Waals surface area (Å²) in [6.07, 6.45) is -1.90. The van der Waals surface area contributed by atoms with Crippen molar-refractivity contribution in [1.82, 2.24) is 14.8 Å². The van der Waals surface area contributed by atoms with Crippen LogP contribution in [0.5, 0.6) is 5.75 Å². The molecule has 1 saturated heterocycles. The summed E-state index contributed by atoms with van der Waals surface area (Å²) in [5, 5.41) is 10.2. The van der Waals surface area contributed by atoms with Gasteiger partial charge in [0.15, 0.2) is 0 Å². The molecule has 0 amide bonds. The second-order valence-electron chi connectivity index (χ2n) is 8.85. The Bertz CT molecular complexity index is 1200. The molecule has 1 atom stereocenters. The maximum absolute atomic E-state index is 13.8. The summed E-state index contributed by atoms with van der Waals surface area (Å²) in [4.78, 5) is 17.9. The Morgan fingerprint density at radius 2 is 1.94 bits per heavy atom. The van der Waals surface area contributed by atoms with Gasteiger partial charge >= 0.3 is 18.3 Å². The number of aromatic nitrogens is 1. The molecule has 2 N–H and O–H groups in total. The topological polar surface area (TPSA) is 68.8 Å². The highest BCUT2D eigenvalue weighted by Crippen LogP contribution is 2.36. The Morgan fingerprint density at radius 1 is 1.23 bits per heavy atom. The number of aromatic amines is 1. The largest absolute Gasteiger partial charge is 0.496 e. The number of carbonyl (C=O) groups is 1. The van der Waals surface area contributed by atoms with Crippen LogP contribution in [-0.4, -0.2) is 71.5 Å². The molecule has 1 unspecified atom stereocenters. The number of benzene rings is 2. The van der Waals surface area contributed by atoms with Gasteiger partial charge in [0.1, 0.15) is 5.75 Å². The van der Waals surface area contributed by atoms with E-state index in [4.69, 9.17) is 4.74 Å². The van der Waals surface area contributed by atoms with Gasteiger partial charge in [-0.2, -0.15) is 8.78 Å². The van der Waals surface area contributed by atoms with Crippen molar-refractivity contribution < 1.29 is 32.2 Å². The molecule has 3 aromatic rings. The van der Waals surface area contributed by atoms with E-state index in [0.29, 0.717) is 18.8 Å². The van der Waals surface area contributed by atoms with Crippen LogP contribution in [0.4, 0.5) is 17.6 Å². The van der Waals surface area contributed by atoms with Gasteiger partial charge in [0.25, 0.3) is 0 Å². The van der Waals surface area contributed by atoms with Gasteiger partial charge in [-0.15, -0.1) is 0 Å². The molecular weight excluding hydrogens is 466 g/mol. The molecular formula is C25H27F4N3O3. The van der Waals surface area contributed by atoms with Crippen LogP contribution in [0.1, 0.15) is 33.1 Å². The number of H-pyrrole nitrogens is 1. The quantitative estimate of drug-likeness (QED) is 0.435. The summed E-state index contributed by atoms with van der Waals surface area (Å²) in [7, 11) is 1.59. The second-order valence-corrected chi connectivity index (χ2v) is 8.85. The molecule has 2 aromatic carbocycles. The van der Waals surface area contributed by atoms with E-state index in [1.54, 1.807) is 19.2 Å². The molecule has 2 heterocycles. The lowest BCUT2D eigenvalue weighted by Crippen LogP contribution is -2.52. The number of ether oxygens (including phenoxy) is 1. The van der Waals surface area contributed by atoms with Crippen LogP contribution in [0.15, 0.2) is 42.6 Å². The summed E-state index contributed by atoms with van der Waals surface area (Å²) in [5.41, 5.74) is 3.74. The molecule has 4 rings (SSSR count). The van der Waals surface area contributed by atoms with Crippen LogP contribution in [0.25, 0.3) is 10.9 Å². The summed E-state index contributed by atoms with van der Waals surface area (Å²) in [5.74, 6) is -4.49. The lowest BCUT2D eigenvalue weighted by atomic mass is 9.98. The third kappa shape index (κ3) is 5.13. The molecule has 35 heavy (non-hydrogen) atoms. The lowest BCUT2D eigenvalue weighted by Gasteiger charge is -2.42. The Labute approximate surface area is 200 Å². The van der Waals surface area contributed by atoms with Gasteiger partial charge in [0.2, 0.25) is 0 Å².